The van der Waals surface area contributed by atoms with Crippen LogP contribution >= 0.6 is 0 Å². The molecular formula is C7H19N3O2S. The highest BCUT2D eigenvalue weighted by Gasteiger charge is 2.13. The van der Waals surface area contributed by atoms with Gasteiger partial charge in [-0.25, -0.2) is 4.72 Å². The van der Waals surface area contributed by atoms with Gasteiger partial charge < -0.3 is 5.73 Å². The molecular weight excluding hydrogens is 190 g/mol. The van der Waals surface area contributed by atoms with E-state index in [4.69, 9.17) is 5.73 Å². The van der Waals surface area contributed by atoms with Crippen LogP contribution in [-0.2, 0) is 10.2 Å². The zero-order chi connectivity index (χ0) is 10.5. The molecule has 0 radical (unpaired) electrons. The second kappa shape index (κ2) is 5.54. The molecule has 0 aromatic heterocycles. The molecule has 0 fully saturated rings. The fourth-order valence-corrected chi connectivity index (χ4v) is 2.19. The van der Waals surface area contributed by atoms with Crippen LogP contribution in [0.3, 0.4) is 0 Å². The molecule has 80 valence electrons. The molecule has 0 saturated carbocycles. The van der Waals surface area contributed by atoms with Crippen LogP contribution in [0.15, 0.2) is 0 Å². The third kappa shape index (κ3) is 6.94. The maximum atomic E-state index is 11.2. The smallest absolute Gasteiger partial charge is 0.277 e. The summed E-state index contributed by atoms with van der Waals surface area (Å²) in [5, 5.41) is 0. The summed E-state index contributed by atoms with van der Waals surface area (Å²) in [7, 11) is -3.33. The van der Waals surface area contributed by atoms with Crippen molar-refractivity contribution in [3.05, 3.63) is 0 Å². The topological polar surface area (TPSA) is 84.2 Å². The Hall–Kier alpha value is -0.170. The van der Waals surface area contributed by atoms with Gasteiger partial charge in [-0.05, 0) is 20.3 Å². The van der Waals surface area contributed by atoms with Crippen LogP contribution in [0.4, 0.5) is 0 Å². The minimum Gasteiger partial charge on any atom is -0.328 e. The van der Waals surface area contributed by atoms with E-state index in [0.717, 1.165) is 0 Å². The Labute approximate surface area is 80.3 Å². The van der Waals surface area contributed by atoms with Crippen LogP contribution in [-0.4, -0.2) is 27.0 Å². The van der Waals surface area contributed by atoms with Crippen molar-refractivity contribution in [3.63, 3.8) is 0 Å². The lowest BCUT2D eigenvalue weighted by atomic mass is 10.1. The van der Waals surface area contributed by atoms with E-state index in [1.807, 2.05) is 6.92 Å². The van der Waals surface area contributed by atoms with E-state index in [0.29, 0.717) is 13.0 Å². The quantitative estimate of drug-likeness (QED) is 0.554. The standard InChI is InChI=1S/C7H19N3O2S/c1-4-9-13(11,12)10-7(3)5-6(2)8/h6-7,9-10H,4-5,8H2,1-3H3. The third-order valence-electron chi connectivity index (χ3n) is 1.42. The Bertz CT molecular complexity index is 226. The summed E-state index contributed by atoms with van der Waals surface area (Å²) in [5.41, 5.74) is 5.53. The van der Waals surface area contributed by atoms with Crippen molar-refractivity contribution < 1.29 is 8.42 Å². The first-order valence-electron chi connectivity index (χ1n) is 4.40. The Morgan fingerprint density at radius 1 is 1.38 bits per heavy atom. The highest BCUT2D eigenvalue weighted by molar-refractivity contribution is 7.87. The first kappa shape index (κ1) is 12.8. The van der Waals surface area contributed by atoms with Crippen LogP contribution < -0.4 is 15.2 Å². The Morgan fingerprint density at radius 3 is 2.31 bits per heavy atom. The van der Waals surface area contributed by atoms with Gasteiger partial charge in [-0.2, -0.15) is 13.1 Å². The SMILES string of the molecule is CCNS(=O)(=O)NC(C)CC(C)N. The highest BCUT2D eigenvalue weighted by atomic mass is 32.2. The summed E-state index contributed by atoms with van der Waals surface area (Å²) in [6.45, 7) is 5.76. The van der Waals surface area contributed by atoms with E-state index < -0.39 is 10.2 Å². The lowest BCUT2D eigenvalue weighted by Gasteiger charge is -2.15. The van der Waals surface area contributed by atoms with Gasteiger partial charge in [-0.3, -0.25) is 0 Å². The molecule has 0 saturated heterocycles. The third-order valence-corrected chi connectivity index (χ3v) is 2.80. The number of nitrogens with two attached hydrogens (primary N) is 1. The molecule has 0 aromatic carbocycles. The lowest BCUT2D eigenvalue weighted by Crippen LogP contribution is -2.43. The van der Waals surface area contributed by atoms with E-state index in [1.165, 1.54) is 0 Å². The number of hydrogen-bond donors (Lipinski definition) is 3. The minimum absolute atomic E-state index is 0.000624. The average molecular weight is 209 g/mol. The van der Waals surface area contributed by atoms with E-state index in [2.05, 4.69) is 9.44 Å². The van der Waals surface area contributed by atoms with E-state index >= 15 is 0 Å². The van der Waals surface area contributed by atoms with Gasteiger partial charge in [0.15, 0.2) is 0 Å². The summed E-state index contributed by atoms with van der Waals surface area (Å²) < 4.78 is 27.1. The van der Waals surface area contributed by atoms with Crippen molar-refractivity contribution in [1.82, 2.24) is 9.44 Å². The summed E-state index contributed by atoms with van der Waals surface area (Å²) >= 11 is 0. The van der Waals surface area contributed by atoms with E-state index in [9.17, 15) is 8.42 Å². The normalized spacial score (nSPS) is 16.9. The predicted octanol–water partition coefficient (Wildman–Crippen LogP) is -0.444. The van der Waals surface area contributed by atoms with E-state index in [1.54, 1.807) is 13.8 Å². The molecule has 5 nitrogen and oxygen atoms in total. The highest BCUT2D eigenvalue weighted by Crippen LogP contribution is 1.95. The Morgan fingerprint density at radius 2 is 1.92 bits per heavy atom. The van der Waals surface area contributed by atoms with Crippen LogP contribution in [0.2, 0.25) is 0 Å². The summed E-state index contributed by atoms with van der Waals surface area (Å²) in [6.07, 6.45) is 0.630. The van der Waals surface area contributed by atoms with Crippen molar-refractivity contribution in [1.29, 1.82) is 0 Å². The lowest BCUT2D eigenvalue weighted by molar-refractivity contribution is 0.512. The molecule has 0 aliphatic heterocycles. The van der Waals surface area contributed by atoms with Crippen LogP contribution in [0.5, 0.6) is 0 Å². The average Bonchev–Trinajstić information content (AvgIpc) is 1.81. The number of rotatable bonds is 6. The molecule has 2 unspecified atom stereocenters. The van der Waals surface area contributed by atoms with Crippen molar-refractivity contribution >= 4 is 10.2 Å². The fourth-order valence-electron chi connectivity index (χ4n) is 1.10. The van der Waals surface area contributed by atoms with Gasteiger partial charge in [0, 0.05) is 18.6 Å². The summed E-state index contributed by atoms with van der Waals surface area (Å²) in [5.74, 6) is 0. The maximum absolute atomic E-state index is 11.2. The number of nitrogens with one attached hydrogen (secondary N) is 2. The van der Waals surface area contributed by atoms with Gasteiger partial charge >= 0.3 is 0 Å². The van der Waals surface area contributed by atoms with Gasteiger partial charge in [-0.1, -0.05) is 6.92 Å². The molecule has 0 aromatic rings. The molecule has 4 N–H and O–H groups in total. The second-order valence-corrected chi connectivity index (χ2v) is 4.76. The Balaban J connectivity index is 3.97. The van der Waals surface area contributed by atoms with Crippen molar-refractivity contribution in [2.75, 3.05) is 6.54 Å². The zero-order valence-corrected chi connectivity index (χ0v) is 9.19. The first-order valence-corrected chi connectivity index (χ1v) is 5.88. The molecule has 0 amide bonds. The monoisotopic (exact) mass is 209 g/mol. The molecule has 0 rings (SSSR count). The van der Waals surface area contributed by atoms with Crippen molar-refractivity contribution in [2.45, 2.75) is 39.3 Å². The fraction of sp³-hybridized carbons (Fsp3) is 1.00. The second-order valence-electron chi connectivity index (χ2n) is 3.23. The summed E-state index contributed by atoms with van der Waals surface area (Å²) in [4.78, 5) is 0. The molecule has 13 heavy (non-hydrogen) atoms. The van der Waals surface area contributed by atoms with Gasteiger partial charge in [0.25, 0.3) is 10.2 Å². The zero-order valence-electron chi connectivity index (χ0n) is 8.37. The van der Waals surface area contributed by atoms with Gasteiger partial charge in [0.1, 0.15) is 0 Å². The molecule has 0 aliphatic rings. The van der Waals surface area contributed by atoms with Crippen LogP contribution in [0.1, 0.15) is 27.2 Å². The van der Waals surface area contributed by atoms with Gasteiger partial charge in [0.05, 0.1) is 0 Å². The van der Waals surface area contributed by atoms with E-state index in [-0.39, 0.29) is 12.1 Å². The Kier molecular flexibility index (Phi) is 5.46. The van der Waals surface area contributed by atoms with Gasteiger partial charge in [-0.15, -0.1) is 0 Å². The first-order chi connectivity index (χ1) is 5.87. The maximum Gasteiger partial charge on any atom is 0.277 e. The van der Waals surface area contributed by atoms with Crippen LogP contribution in [0, 0.1) is 0 Å². The number of hydrogen-bond acceptors (Lipinski definition) is 3. The molecule has 0 spiro atoms. The molecule has 0 bridgehead atoms. The minimum atomic E-state index is -3.33. The van der Waals surface area contributed by atoms with Gasteiger partial charge in [0.2, 0.25) is 0 Å². The largest absolute Gasteiger partial charge is 0.328 e. The predicted molar refractivity (Wildman–Crippen MR) is 53.5 cm³/mol. The molecule has 6 heteroatoms. The van der Waals surface area contributed by atoms with Crippen molar-refractivity contribution in [2.24, 2.45) is 5.73 Å². The van der Waals surface area contributed by atoms with Crippen molar-refractivity contribution in [3.8, 4) is 0 Å². The summed E-state index contributed by atoms with van der Waals surface area (Å²) in [6, 6.07) is -0.136. The molecule has 0 heterocycles. The molecule has 0 aliphatic carbocycles. The molecule has 2 atom stereocenters. The van der Waals surface area contributed by atoms with Crippen LogP contribution in [0.25, 0.3) is 0 Å².